The van der Waals surface area contributed by atoms with Crippen molar-refractivity contribution >= 4 is 5.91 Å². The number of aromatic nitrogens is 2. The average molecular weight is 305 g/mol. The predicted molar refractivity (Wildman–Crippen MR) is 90.8 cm³/mol. The first-order valence-corrected chi connectivity index (χ1v) is 7.68. The lowest BCUT2D eigenvalue weighted by atomic mass is 10.1. The Bertz CT molecular complexity index is 793. The number of benzene rings is 2. The molecule has 3 rings (SSSR count). The zero-order valence-corrected chi connectivity index (χ0v) is 13.1. The van der Waals surface area contributed by atoms with Crippen LogP contribution in [0, 0.1) is 6.92 Å². The highest BCUT2D eigenvalue weighted by molar-refractivity contribution is 5.92. The van der Waals surface area contributed by atoms with Gasteiger partial charge in [-0.1, -0.05) is 42.5 Å². The molecule has 1 aromatic heterocycles. The Labute approximate surface area is 135 Å². The van der Waals surface area contributed by atoms with Gasteiger partial charge in [-0.3, -0.25) is 4.79 Å². The maximum absolute atomic E-state index is 12.2. The molecule has 0 fully saturated rings. The van der Waals surface area contributed by atoms with E-state index < -0.39 is 0 Å². The van der Waals surface area contributed by atoms with E-state index in [4.69, 9.17) is 0 Å². The molecule has 0 radical (unpaired) electrons. The standard InChI is InChI=1S/C19H19N3O/c1-15-7-5-6-8-16(15)11-13-20-19(23)18-12-14-22(21-18)17-9-3-2-4-10-17/h2-10,12,14H,11,13H2,1H3,(H,20,23). The summed E-state index contributed by atoms with van der Waals surface area (Å²) in [7, 11) is 0. The topological polar surface area (TPSA) is 46.9 Å². The van der Waals surface area contributed by atoms with Gasteiger partial charge in [0.2, 0.25) is 0 Å². The molecule has 0 spiro atoms. The summed E-state index contributed by atoms with van der Waals surface area (Å²) in [6, 6.07) is 19.7. The number of hydrogen-bond acceptors (Lipinski definition) is 2. The minimum absolute atomic E-state index is 0.145. The molecule has 0 aliphatic heterocycles. The molecule has 0 unspecified atom stereocenters. The van der Waals surface area contributed by atoms with Crippen LogP contribution in [0.15, 0.2) is 66.9 Å². The van der Waals surface area contributed by atoms with E-state index in [1.54, 1.807) is 16.9 Å². The van der Waals surface area contributed by atoms with Crippen LogP contribution in [0.5, 0.6) is 0 Å². The number of para-hydroxylation sites is 1. The highest BCUT2D eigenvalue weighted by Crippen LogP contribution is 2.08. The Morgan fingerprint density at radius 1 is 1.04 bits per heavy atom. The van der Waals surface area contributed by atoms with Gasteiger partial charge in [0, 0.05) is 12.7 Å². The quantitative estimate of drug-likeness (QED) is 0.787. The van der Waals surface area contributed by atoms with Crippen LogP contribution in [0.1, 0.15) is 21.6 Å². The summed E-state index contributed by atoms with van der Waals surface area (Å²) in [6.07, 6.45) is 2.61. The second-order valence-electron chi connectivity index (χ2n) is 5.41. The molecule has 4 heteroatoms. The molecule has 3 aromatic rings. The fourth-order valence-corrected chi connectivity index (χ4v) is 2.46. The number of carbonyl (C=O) groups excluding carboxylic acids is 1. The smallest absolute Gasteiger partial charge is 0.271 e. The lowest BCUT2D eigenvalue weighted by Crippen LogP contribution is -2.26. The highest BCUT2D eigenvalue weighted by Gasteiger charge is 2.09. The van der Waals surface area contributed by atoms with Crippen molar-refractivity contribution in [1.82, 2.24) is 15.1 Å². The van der Waals surface area contributed by atoms with E-state index in [1.807, 2.05) is 42.5 Å². The molecule has 0 saturated heterocycles. The molecule has 23 heavy (non-hydrogen) atoms. The molecule has 0 saturated carbocycles. The molecule has 0 aliphatic rings. The third kappa shape index (κ3) is 3.66. The largest absolute Gasteiger partial charge is 0.350 e. The van der Waals surface area contributed by atoms with E-state index in [1.165, 1.54) is 11.1 Å². The van der Waals surface area contributed by atoms with Gasteiger partial charge in [-0.25, -0.2) is 4.68 Å². The van der Waals surface area contributed by atoms with Gasteiger partial charge >= 0.3 is 0 Å². The van der Waals surface area contributed by atoms with Crippen molar-refractivity contribution in [3.8, 4) is 5.69 Å². The van der Waals surface area contributed by atoms with E-state index in [9.17, 15) is 4.79 Å². The summed E-state index contributed by atoms with van der Waals surface area (Å²) in [6.45, 7) is 2.68. The van der Waals surface area contributed by atoms with Gasteiger partial charge in [0.1, 0.15) is 0 Å². The number of carbonyl (C=O) groups is 1. The van der Waals surface area contributed by atoms with Crippen LogP contribution < -0.4 is 5.32 Å². The molecule has 0 bridgehead atoms. The Morgan fingerprint density at radius 2 is 1.78 bits per heavy atom. The highest BCUT2D eigenvalue weighted by atomic mass is 16.1. The van der Waals surface area contributed by atoms with Gasteiger partial charge in [-0.15, -0.1) is 0 Å². The lowest BCUT2D eigenvalue weighted by molar-refractivity contribution is 0.0948. The average Bonchev–Trinajstić information content (AvgIpc) is 3.07. The van der Waals surface area contributed by atoms with Crippen LogP contribution in [0.3, 0.4) is 0 Å². The summed E-state index contributed by atoms with van der Waals surface area (Å²) in [4.78, 5) is 12.2. The normalized spacial score (nSPS) is 10.5. The number of aryl methyl sites for hydroxylation is 1. The van der Waals surface area contributed by atoms with Crippen molar-refractivity contribution < 1.29 is 4.79 Å². The Hall–Kier alpha value is -2.88. The van der Waals surface area contributed by atoms with Crippen molar-refractivity contribution in [2.45, 2.75) is 13.3 Å². The first-order valence-electron chi connectivity index (χ1n) is 7.68. The third-order valence-electron chi connectivity index (χ3n) is 3.78. The van der Waals surface area contributed by atoms with Crippen LogP contribution in [-0.4, -0.2) is 22.2 Å². The van der Waals surface area contributed by atoms with Gasteiger partial charge in [-0.05, 0) is 42.7 Å². The van der Waals surface area contributed by atoms with E-state index in [0.29, 0.717) is 12.2 Å². The van der Waals surface area contributed by atoms with E-state index in [2.05, 4.69) is 29.5 Å². The molecule has 2 aromatic carbocycles. The Morgan fingerprint density at radius 3 is 2.57 bits per heavy atom. The van der Waals surface area contributed by atoms with E-state index in [-0.39, 0.29) is 5.91 Å². The first-order chi connectivity index (χ1) is 11.2. The molecule has 1 amide bonds. The molecule has 0 aliphatic carbocycles. The minimum atomic E-state index is -0.145. The van der Waals surface area contributed by atoms with Crippen LogP contribution in [0.2, 0.25) is 0 Å². The number of nitrogens with one attached hydrogen (secondary N) is 1. The number of nitrogens with zero attached hydrogens (tertiary/aromatic N) is 2. The number of hydrogen-bond donors (Lipinski definition) is 1. The lowest BCUT2D eigenvalue weighted by Gasteiger charge is -2.06. The second kappa shape index (κ2) is 6.92. The zero-order chi connectivity index (χ0) is 16.1. The summed E-state index contributed by atoms with van der Waals surface area (Å²) >= 11 is 0. The monoisotopic (exact) mass is 305 g/mol. The summed E-state index contributed by atoms with van der Waals surface area (Å²) < 4.78 is 1.70. The van der Waals surface area contributed by atoms with Gasteiger partial charge in [-0.2, -0.15) is 5.10 Å². The molecular formula is C19H19N3O. The van der Waals surface area contributed by atoms with Crippen LogP contribution in [0.25, 0.3) is 5.69 Å². The van der Waals surface area contributed by atoms with Crippen LogP contribution in [-0.2, 0) is 6.42 Å². The van der Waals surface area contributed by atoms with E-state index >= 15 is 0 Å². The van der Waals surface area contributed by atoms with E-state index in [0.717, 1.165) is 12.1 Å². The van der Waals surface area contributed by atoms with Crippen molar-refractivity contribution in [3.63, 3.8) is 0 Å². The van der Waals surface area contributed by atoms with Crippen molar-refractivity contribution in [3.05, 3.63) is 83.7 Å². The van der Waals surface area contributed by atoms with Gasteiger partial charge in [0.25, 0.3) is 5.91 Å². The Kier molecular flexibility index (Phi) is 4.52. The number of rotatable bonds is 5. The minimum Gasteiger partial charge on any atom is -0.350 e. The fourth-order valence-electron chi connectivity index (χ4n) is 2.46. The summed E-state index contributed by atoms with van der Waals surface area (Å²) in [5, 5.41) is 7.25. The van der Waals surface area contributed by atoms with Crippen LogP contribution >= 0.6 is 0 Å². The van der Waals surface area contributed by atoms with Crippen molar-refractivity contribution in [2.75, 3.05) is 6.54 Å². The first kappa shape index (κ1) is 15.0. The van der Waals surface area contributed by atoms with Gasteiger partial charge in [0.05, 0.1) is 5.69 Å². The fraction of sp³-hybridized carbons (Fsp3) is 0.158. The molecule has 116 valence electrons. The zero-order valence-electron chi connectivity index (χ0n) is 13.1. The molecule has 4 nitrogen and oxygen atoms in total. The Balaban J connectivity index is 1.59. The third-order valence-corrected chi connectivity index (χ3v) is 3.78. The number of amides is 1. The SMILES string of the molecule is Cc1ccccc1CCNC(=O)c1ccn(-c2ccccc2)n1. The summed E-state index contributed by atoms with van der Waals surface area (Å²) in [5.41, 5.74) is 3.86. The maximum Gasteiger partial charge on any atom is 0.271 e. The molecule has 1 N–H and O–H groups in total. The van der Waals surface area contributed by atoms with Gasteiger partial charge < -0.3 is 5.32 Å². The van der Waals surface area contributed by atoms with Crippen molar-refractivity contribution in [1.29, 1.82) is 0 Å². The van der Waals surface area contributed by atoms with Crippen LogP contribution in [0.4, 0.5) is 0 Å². The van der Waals surface area contributed by atoms with Gasteiger partial charge in [0.15, 0.2) is 5.69 Å². The molecule has 0 atom stereocenters. The maximum atomic E-state index is 12.2. The van der Waals surface area contributed by atoms with Crippen molar-refractivity contribution in [2.24, 2.45) is 0 Å². The second-order valence-corrected chi connectivity index (χ2v) is 5.41. The molecular weight excluding hydrogens is 286 g/mol. The predicted octanol–water partition coefficient (Wildman–Crippen LogP) is 3.15. The molecule has 1 heterocycles. The summed E-state index contributed by atoms with van der Waals surface area (Å²) in [5.74, 6) is -0.145.